The van der Waals surface area contributed by atoms with Crippen LogP contribution in [0.1, 0.15) is 29.3 Å². The summed E-state index contributed by atoms with van der Waals surface area (Å²) in [4.78, 5) is 35.1. The number of hydrogen-bond acceptors (Lipinski definition) is 5. The third-order valence-electron chi connectivity index (χ3n) is 3.87. The Morgan fingerprint density at radius 3 is 2.24 bits per heavy atom. The zero-order valence-electron chi connectivity index (χ0n) is 16.1. The van der Waals surface area contributed by atoms with Crippen LogP contribution in [0.15, 0.2) is 48.5 Å². The molecular formula is C21H23FN2O5. The van der Waals surface area contributed by atoms with Crippen molar-refractivity contribution >= 4 is 18.0 Å². The van der Waals surface area contributed by atoms with Crippen molar-refractivity contribution in [2.75, 3.05) is 19.7 Å². The van der Waals surface area contributed by atoms with Gasteiger partial charge in [-0.05, 0) is 55.3 Å². The van der Waals surface area contributed by atoms with E-state index in [-0.39, 0.29) is 49.5 Å². The fourth-order valence-corrected chi connectivity index (χ4v) is 2.40. The Balaban J connectivity index is 1.65. The van der Waals surface area contributed by atoms with Crippen LogP contribution in [0.2, 0.25) is 0 Å². The first-order chi connectivity index (χ1) is 14.0. The summed E-state index contributed by atoms with van der Waals surface area (Å²) < 4.78 is 22.4. The lowest BCUT2D eigenvalue weighted by Gasteiger charge is -2.08. The maximum absolute atomic E-state index is 12.8. The fraction of sp³-hybridized carbons (Fsp3) is 0.286. The molecule has 0 bridgehead atoms. The molecule has 0 atom stereocenters. The molecule has 2 aromatic carbocycles. The number of aryl methyl sites for hydroxylation is 1. The zero-order chi connectivity index (χ0) is 21.1. The second-order valence-electron chi connectivity index (χ2n) is 6.04. The number of benzene rings is 2. The minimum Gasteiger partial charge on any atom is -0.434 e. The molecule has 0 aliphatic carbocycles. The molecule has 2 N–H and O–H groups in total. The molecule has 29 heavy (non-hydrogen) atoms. The van der Waals surface area contributed by atoms with Crippen LogP contribution in [0.4, 0.5) is 9.18 Å². The molecule has 0 saturated heterocycles. The molecule has 154 valence electrons. The average molecular weight is 402 g/mol. The molecule has 2 aromatic rings. The molecule has 0 aliphatic heterocycles. The van der Waals surface area contributed by atoms with Gasteiger partial charge in [0.05, 0.1) is 6.61 Å². The second kappa shape index (κ2) is 11.4. The van der Waals surface area contributed by atoms with Gasteiger partial charge in [0.1, 0.15) is 11.6 Å². The number of nitrogens with one attached hydrogen (secondary N) is 2. The summed E-state index contributed by atoms with van der Waals surface area (Å²) >= 11 is 0. The van der Waals surface area contributed by atoms with E-state index < -0.39 is 6.16 Å². The van der Waals surface area contributed by atoms with Crippen molar-refractivity contribution in [3.8, 4) is 5.75 Å². The van der Waals surface area contributed by atoms with Gasteiger partial charge in [0.15, 0.2) is 0 Å². The van der Waals surface area contributed by atoms with Crippen LogP contribution in [-0.2, 0) is 16.0 Å². The molecule has 0 fully saturated rings. The summed E-state index contributed by atoms with van der Waals surface area (Å²) in [5.74, 6) is -0.499. The minimum absolute atomic E-state index is 0.149. The predicted octanol–water partition coefficient (Wildman–Crippen LogP) is 2.84. The van der Waals surface area contributed by atoms with E-state index in [9.17, 15) is 18.8 Å². The Morgan fingerprint density at radius 1 is 0.931 bits per heavy atom. The van der Waals surface area contributed by atoms with Gasteiger partial charge in [-0.2, -0.15) is 0 Å². The third-order valence-corrected chi connectivity index (χ3v) is 3.87. The van der Waals surface area contributed by atoms with E-state index in [1.807, 2.05) is 0 Å². The van der Waals surface area contributed by atoms with Crippen molar-refractivity contribution in [2.45, 2.75) is 19.8 Å². The number of carbonyl (C=O) groups is 3. The van der Waals surface area contributed by atoms with Crippen molar-refractivity contribution in [1.82, 2.24) is 10.6 Å². The Labute approximate surface area is 168 Å². The highest BCUT2D eigenvalue weighted by atomic mass is 19.1. The molecule has 0 unspecified atom stereocenters. The van der Waals surface area contributed by atoms with Crippen molar-refractivity contribution in [3.63, 3.8) is 0 Å². The van der Waals surface area contributed by atoms with E-state index >= 15 is 0 Å². The van der Waals surface area contributed by atoms with Gasteiger partial charge in [0, 0.05) is 25.1 Å². The van der Waals surface area contributed by atoms with Crippen LogP contribution in [-0.4, -0.2) is 37.7 Å². The van der Waals surface area contributed by atoms with Gasteiger partial charge in [-0.1, -0.05) is 12.1 Å². The Kier molecular flexibility index (Phi) is 8.62. The molecule has 0 aliphatic rings. The lowest BCUT2D eigenvalue weighted by molar-refractivity contribution is -0.121. The quantitative estimate of drug-likeness (QED) is 0.382. The molecule has 0 aromatic heterocycles. The highest BCUT2D eigenvalue weighted by molar-refractivity contribution is 5.94. The summed E-state index contributed by atoms with van der Waals surface area (Å²) in [5.41, 5.74) is 1.27. The Bertz CT molecular complexity index is 822. The van der Waals surface area contributed by atoms with E-state index in [4.69, 9.17) is 4.74 Å². The van der Waals surface area contributed by atoms with Crippen LogP contribution < -0.4 is 15.4 Å². The average Bonchev–Trinajstić information content (AvgIpc) is 2.71. The van der Waals surface area contributed by atoms with Crippen LogP contribution in [0.25, 0.3) is 0 Å². The molecule has 8 heteroatoms. The first kappa shape index (κ1) is 21.9. The van der Waals surface area contributed by atoms with Gasteiger partial charge in [0.25, 0.3) is 5.91 Å². The smallest absolute Gasteiger partial charge is 0.434 e. The third kappa shape index (κ3) is 8.00. The number of halogens is 1. The maximum atomic E-state index is 12.8. The first-order valence-corrected chi connectivity index (χ1v) is 9.22. The van der Waals surface area contributed by atoms with Crippen LogP contribution in [0.3, 0.4) is 0 Å². The molecule has 2 rings (SSSR count). The van der Waals surface area contributed by atoms with Crippen molar-refractivity contribution in [1.29, 1.82) is 0 Å². The van der Waals surface area contributed by atoms with Gasteiger partial charge in [0.2, 0.25) is 5.91 Å². The molecule has 0 spiro atoms. The zero-order valence-corrected chi connectivity index (χ0v) is 16.1. The van der Waals surface area contributed by atoms with E-state index in [1.54, 1.807) is 19.1 Å². The van der Waals surface area contributed by atoms with Gasteiger partial charge >= 0.3 is 6.16 Å². The normalized spacial score (nSPS) is 10.1. The van der Waals surface area contributed by atoms with Gasteiger partial charge in [-0.25, -0.2) is 9.18 Å². The SMILES string of the molecule is CCOC(=O)Oc1ccc(C(=O)NCCNC(=O)CCc2ccc(F)cc2)cc1. The summed E-state index contributed by atoms with van der Waals surface area (Å²) in [6, 6.07) is 12.0. The predicted molar refractivity (Wildman–Crippen MR) is 104 cm³/mol. The number of hydrogen-bond donors (Lipinski definition) is 2. The first-order valence-electron chi connectivity index (χ1n) is 9.22. The molecule has 0 heterocycles. The number of amides is 2. The highest BCUT2D eigenvalue weighted by Crippen LogP contribution is 2.13. The van der Waals surface area contributed by atoms with E-state index in [0.29, 0.717) is 12.0 Å². The summed E-state index contributed by atoms with van der Waals surface area (Å²) in [5, 5.41) is 5.40. The highest BCUT2D eigenvalue weighted by Gasteiger charge is 2.08. The van der Waals surface area contributed by atoms with Crippen molar-refractivity contribution in [2.24, 2.45) is 0 Å². The van der Waals surface area contributed by atoms with Crippen LogP contribution >= 0.6 is 0 Å². The minimum atomic E-state index is -0.806. The number of carbonyl (C=O) groups excluding carboxylic acids is 3. The Hall–Kier alpha value is -3.42. The molecular weight excluding hydrogens is 379 g/mol. The summed E-state index contributed by atoms with van der Waals surface area (Å²) in [7, 11) is 0. The van der Waals surface area contributed by atoms with Gasteiger partial charge in [-0.3, -0.25) is 9.59 Å². The summed E-state index contributed by atoms with van der Waals surface area (Å²) in [6.45, 7) is 2.44. The molecule has 0 radical (unpaired) electrons. The van der Waals surface area contributed by atoms with Crippen molar-refractivity contribution < 1.29 is 28.2 Å². The van der Waals surface area contributed by atoms with E-state index in [2.05, 4.69) is 15.4 Å². The summed E-state index contributed by atoms with van der Waals surface area (Å²) in [6.07, 6.45) is -0.0138. The monoisotopic (exact) mass is 402 g/mol. The largest absolute Gasteiger partial charge is 0.513 e. The maximum Gasteiger partial charge on any atom is 0.513 e. The topological polar surface area (TPSA) is 93.7 Å². The lowest BCUT2D eigenvalue weighted by atomic mass is 10.1. The van der Waals surface area contributed by atoms with Crippen molar-refractivity contribution in [3.05, 3.63) is 65.5 Å². The van der Waals surface area contributed by atoms with E-state index in [1.165, 1.54) is 36.4 Å². The second-order valence-corrected chi connectivity index (χ2v) is 6.04. The number of rotatable bonds is 9. The lowest BCUT2D eigenvalue weighted by Crippen LogP contribution is -2.34. The number of ether oxygens (including phenoxy) is 2. The Morgan fingerprint density at radius 2 is 1.59 bits per heavy atom. The molecule has 0 saturated carbocycles. The fourth-order valence-electron chi connectivity index (χ4n) is 2.40. The van der Waals surface area contributed by atoms with Gasteiger partial charge in [-0.15, -0.1) is 0 Å². The van der Waals surface area contributed by atoms with Gasteiger partial charge < -0.3 is 20.1 Å². The van der Waals surface area contributed by atoms with Crippen LogP contribution in [0, 0.1) is 5.82 Å². The van der Waals surface area contributed by atoms with Crippen LogP contribution in [0.5, 0.6) is 5.75 Å². The molecule has 2 amide bonds. The standard InChI is InChI=1S/C21H23FN2O5/c1-2-28-21(27)29-18-10-6-16(7-11-18)20(26)24-14-13-23-19(25)12-5-15-3-8-17(22)9-4-15/h3-4,6-11H,2,5,12-14H2,1H3,(H,23,25)(H,24,26). The van der Waals surface area contributed by atoms with E-state index in [0.717, 1.165) is 5.56 Å². The molecule has 7 nitrogen and oxygen atoms in total.